The summed E-state index contributed by atoms with van der Waals surface area (Å²) in [6.45, 7) is 6.02. The van der Waals surface area contributed by atoms with Crippen LogP contribution < -0.4 is 10.1 Å². The van der Waals surface area contributed by atoms with Crippen LogP contribution in [0.2, 0.25) is 0 Å². The number of carboxylic acids is 1. The van der Waals surface area contributed by atoms with Crippen molar-refractivity contribution >= 4 is 23.2 Å². The highest BCUT2D eigenvalue weighted by Gasteiger charge is 2.31. The van der Waals surface area contributed by atoms with Gasteiger partial charge in [-0.1, -0.05) is 32.9 Å². The first-order valence-corrected chi connectivity index (χ1v) is 11.6. The molecule has 3 rings (SSSR count). The topological polar surface area (TPSA) is 88.5 Å². The van der Waals surface area contributed by atoms with Crippen LogP contribution in [0.5, 0.6) is 5.75 Å². The Labute approximate surface area is 204 Å². The SMILES string of the molecule is CC(C)(C)C(Oc1ccc(-c2ccc(C(F)(F)F)cc2)nc1)c1ccc(C(=O)NCCC(=O)O)s1. The normalized spacial score (nSPS) is 12.7. The number of nitrogens with zero attached hydrogens (tertiary/aromatic N) is 1. The van der Waals surface area contributed by atoms with Gasteiger partial charge in [-0.2, -0.15) is 13.2 Å². The summed E-state index contributed by atoms with van der Waals surface area (Å²) >= 11 is 1.26. The van der Waals surface area contributed by atoms with Gasteiger partial charge >= 0.3 is 12.1 Å². The number of carboxylic acid groups (broad SMARTS) is 1. The highest BCUT2D eigenvalue weighted by molar-refractivity contribution is 7.14. The third-order valence-corrected chi connectivity index (χ3v) is 6.15. The molecule has 0 aliphatic rings. The number of aliphatic carboxylic acids is 1. The highest BCUT2D eigenvalue weighted by atomic mass is 32.1. The summed E-state index contributed by atoms with van der Waals surface area (Å²) in [5.74, 6) is -0.865. The fraction of sp³-hybridized carbons (Fsp3) is 0.320. The van der Waals surface area contributed by atoms with Crippen LogP contribution in [-0.2, 0) is 11.0 Å². The number of carbonyl (C=O) groups is 2. The highest BCUT2D eigenvalue weighted by Crippen LogP contribution is 2.40. The summed E-state index contributed by atoms with van der Waals surface area (Å²) in [5.41, 5.74) is -0.00256. The first-order valence-electron chi connectivity index (χ1n) is 10.7. The number of hydrogen-bond donors (Lipinski definition) is 2. The number of pyridine rings is 1. The Morgan fingerprint density at radius 3 is 2.29 bits per heavy atom. The van der Waals surface area contributed by atoms with E-state index in [2.05, 4.69) is 10.3 Å². The number of nitrogens with one attached hydrogen (secondary N) is 1. The fourth-order valence-electron chi connectivity index (χ4n) is 3.23. The molecule has 0 aliphatic heterocycles. The summed E-state index contributed by atoms with van der Waals surface area (Å²) < 4.78 is 44.6. The lowest BCUT2D eigenvalue weighted by Gasteiger charge is -2.30. The van der Waals surface area contributed by atoms with E-state index in [1.165, 1.54) is 29.7 Å². The average Bonchev–Trinajstić information content (AvgIpc) is 3.26. The number of hydrogen-bond acceptors (Lipinski definition) is 5. The van der Waals surface area contributed by atoms with E-state index in [0.717, 1.165) is 17.0 Å². The number of thiophene rings is 1. The maximum atomic E-state index is 12.8. The summed E-state index contributed by atoms with van der Waals surface area (Å²) in [7, 11) is 0. The van der Waals surface area contributed by atoms with E-state index in [0.29, 0.717) is 21.9 Å². The number of halogens is 3. The molecule has 186 valence electrons. The average molecular weight is 507 g/mol. The Kier molecular flexibility index (Phi) is 7.84. The smallest absolute Gasteiger partial charge is 0.416 e. The second-order valence-electron chi connectivity index (χ2n) is 8.92. The van der Waals surface area contributed by atoms with Crippen LogP contribution >= 0.6 is 11.3 Å². The van der Waals surface area contributed by atoms with Gasteiger partial charge in [0.15, 0.2) is 0 Å². The quantitative estimate of drug-likeness (QED) is 0.380. The first kappa shape index (κ1) is 26.2. The van der Waals surface area contributed by atoms with Gasteiger partial charge in [0.1, 0.15) is 11.9 Å². The van der Waals surface area contributed by atoms with E-state index < -0.39 is 23.8 Å². The van der Waals surface area contributed by atoms with Gasteiger partial charge in [0.2, 0.25) is 0 Å². The number of amides is 1. The van der Waals surface area contributed by atoms with Gasteiger partial charge in [-0.25, -0.2) is 0 Å². The number of rotatable bonds is 8. The molecule has 1 aromatic carbocycles. The zero-order valence-corrected chi connectivity index (χ0v) is 20.2. The monoisotopic (exact) mass is 506 g/mol. The minimum Gasteiger partial charge on any atom is -0.483 e. The molecule has 0 spiro atoms. The summed E-state index contributed by atoms with van der Waals surface area (Å²) in [4.78, 5) is 28.5. The molecule has 1 atom stereocenters. The lowest BCUT2D eigenvalue weighted by atomic mass is 9.88. The van der Waals surface area contributed by atoms with Crippen LogP contribution in [0.25, 0.3) is 11.3 Å². The number of ether oxygens (including phenoxy) is 1. The van der Waals surface area contributed by atoms with Gasteiger partial charge in [-0.15, -0.1) is 11.3 Å². The van der Waals surface area contributed by atoms with E-state index >= 15 is 0 Å². The predicted molar refractivity (Wildman–Crippen MR) is 126 cm³/mol. The molecule has 0 aliphatic carbocycles. The maximum absolute atomic E-state index is 12.8. The molecule has 1 amide bonds. The largest absolute Gasteiger partial charge is 0.483 e. The van der Waals surface area contributed by atoms with Crippen LogP contribution in [0.1, 0.15) is 53.4 Å². The van der Waals surface area contributed by atoms with Crippen molar-refractivity contribution in [1.82, 2.24) is 10.3 Å². The molecule has 3 aromatic rings. The third kappa shape index (κ3) is 7.05. The lowest BCUT2D eigenvalue weighted by Crippen LogP contribution is -2.25. The second-order valence-corrected chi connectivity index (χ2v) is 10.0. The third-order valence-electron chi connectivity index (χ3n) is 5.02. The Balaban J connectivity index is 1.73. The van der Waals surface area contributed by atoms with Crippen LogP contribution in [0.3, 0.4) is 0 Å². The first-order chi connectivity index (χ1) is 16.3. The number of aromatic nitrogens is 1. The van der Waals surface area contributed by atoms with Gasteiger partial charge < -0.3 is 15.2 Å². The van der Waals surface area contributed by atoms with E-state index in [9.17, 15) is 22.8 Å². The van der Waals surface area contributed by atoms with Crippen molar-refractivity contribution in [2.45, 2.75) is 39.5 Å². The molecule has 0 fully saturated rings. The molecule has 10 heteroatoms. The van der Waals surface area contributed by atoms with E-state index in [1.807, 2.05) is 20.8 Å². The summed E-state index contributed by atoms with van der Waals surface area (Å²) in [5, 5.41) is 11.3. The lowest BCUT2D eigenvalue weighted by molar-refractivity contribution is -0.138. The standard InChI is InChI=1S/C25H25F3N2O4S/c1-24(2,3)22(19-10-11-20(35-19)23(33)29-13-12-21(31)32)34-17-8-9-18(30-14-17)15-4-6-16(7-5-15)25(26,27)28/h4-11,14,22H,12-13H2,1-3H3,(H,29,33)(H,31,32). The molecule has 2 heterocycles. The van der Waals surface area contributed by atoms with Crippen molar-refractivity contribution < 1.29 is 32.6 Å². The van der Waals surface area contributed by atoms with E-state index in [4.69, 9.17) is 9.84 Å². The molecule has 0 bridgehead atoms. The van der Waals surface area contributed by atoms with Gasteiger partial charge in [0.25, 0.3) is 5.91 Å². The van der Waals surface area contributed by atoms with Crippen molar-refractivity contribution in [2.24, 2.45) is 5.41 Å². The molecular weight excluding hydrogens is 481 g/mol. The van der Waals surface area contributed by atoms with E-state index in [-0.39, 0.29) is 24.3 Å². The molecule has 6 nitrogen and oxygen atoms in total. The molecule has 2 N–H and O–H groups in total. The number of alkyl halides is 3. The van der Waals surface area contributed by atoms with Crippen molar-refractivity contribution in [1.29, 1.82) is 0 Å². The maximum Gasteiger partial charge on any atom is 0.416 e. The van der Waals surface area contributed by atoms with Crippen molar-refractivity contribution in [2.75, 3.05) is 6.54 Å². The molecular formula is C25H25F3N2O4S. The molecule has 0 radical (unpaired) electrons. The van der Waals surface area contributed by atoms with Crippen molar-refractivity contribution in [3.05, 3.63) is 70.0 Å². The number of carbonyl (C=O) groups excluding carboxylic acids is 1. The minimum atomic E-state index is -4.40. The van der Waals surface area contributed by atoms with Crippen LogP contribution in [0.4, 0.5) is 13.2 Å². The Morgan fingerprint density at radius 1 is 1.06 bits per heavy atom. The van der Waals surface area contributed by atoms with Crippen LogP contribution in [-0.4, -0.2) is 28.5 Å². The number of benzene rings is 1. The van der Waals surface area contributed by atoms with Crippen LogP contribution in [0, 0.1) is 5.41 Å². The molecule has 0 saturated carbocycles. The fourth-order valence-corrected chi connectivity index (χ4v) is 4.43. The zero-order valence-electron chi connectivity index (χ0n) is 19.3. The van der Waals surface area contributed by atoms with Crippen molar-refractivity contribution in [3.8, 4) is 17.0 Å². The van der Waals surface area contributed by atoms with Crippen LogP contribution in [0.15, 0.2) is 54.7 Å². The zero-order chi connectivity index (χ0) is 25.8. The Hall–Kier alpha value is -3.40. The molecule has 1 unspecified atom stereocenters. The molecule has 0 saturated heterocycles. The summed E-state index contributed by atoms with van der Waals surface area (Å²) in [6, 6.07) is 11.6. The second kappa shape index (κ2) is 10.5. The molecule has 35 heavy (non-hydrogen) atoms. The van der Waals surface area contributed by atoms with Gasteiger partial charge in [0.05, 0.1) is 28.8 Å². The van der Waals surface area contributed by atoms with Gasteiger partial charge in [-0.3, -0.25) is 14.6 Å². The van der Waals surface area contributed by atoms with E-state index in [1.54, 1.807) is 24.3 Å². The predicted octanol–water partition coefficient (Wildman–Crippen LogP) is 6.20. The van der Waals surface area contributed by atoms with Gasteiger partial charge in [0, 0.05) is 22.4 Å². The molecule has 2 aromatic heterocycles. The van der Waals surface area contributed by atoms with Gasteiger partial charge in [-0.05, 0) is 36.4 Å². The Morgan fingerprint density at radius 2 is 1.74 bits per heavy atom. The van der Waals surface area contributed by atoms with Crippen molar-refractivity contribution in [3.63, 3.8) is 0 Å². The minimum absolute atomic E-state index is 0.0392. The summed E-state index contributed by atoms with van der Waals surface area (Å²) in [6.07, 6.45) is -3.45. The Bertz CT molecular complexity index is 1170.